The molecule has 0 saturated heterocycles. The topological polar surface area (TPSA) is 54.7 Å². The molecule has 0 saturated carbocycles. The van der Waals surface area contributed by atoms with Crippen LogP contribution in [0.2, 0.25) is 0 Å². The zero-order valence-corrected chi connectivity index (χ0v) is 17.9. The maximum atomic E-state index is 12.6. The van der Waals surface area contributed by atoms with Crippen molar-refractivity contribution in [2.24, 2.45) is 0 Å². The van der Waals surface area contributed by atoms with E-state index in [1.54, 1.807) is 12.3 Å². The Bertz CT molecular complexity index is 1060. The Balaban J connectivity index is 1.91. The molecule has 5 heteroatoms. The van der Waals surface area contributed by atoms with Gasteiger partial charge in [-0.15, -0.1) is 0 Å². The van der Waals surface area contributed by atoms with Gasteiger partial charge in [0.1, 0.15) is 11.3 Å². The van der Waals surface area contributed by atoms with E-state index in [1.165, 1.54) is 0 Å². The number of nitrogens with zero attached hydrogens (tertiary/aromatic N) is 1. The molecule has 0 aliphatic carbocycles. The average Bonchev–Trinajstić information content (AvgIpc) is 3.05. The molecule has 1 aromatic heterocycles. The lowest BCUT2D eigenvalue weighted by Crippen LogP contribution is -2.10. The van der Waals surface area contributed by atoms with Crippen molar-refractivity contribution in [3.8, 4) is 5.75 Å². The quantitative estimate of drug-likeness (QED) is 0.558. The summed E-state index contributed by atoms with van der Waals surface area (Å²) in [6, 6.07) is 9.77. The Morgan fingerprint density at radius 2 is 1.90 bits per heavy atom. The molecule has 29 heavy (non-hydrogen) atoms. The predicted octanol–water partition coefficient (Wildman–Crippen LogP) is 5.56. The van der Waals surface area contributed by atoms with Gasteiger partial charge in [0.05, 0.1) is 12.9 Å². The van der Waals surface area contributed by atoms with Crippen LogP contribution in [0.4, 0.5) is 11.4 Å². The fourth-order valence-corrected chi connectivity index (χ4v) is 3.36. The Kier molecular flexibility index (Phi) is 5.97. The Hall–Kier alpha value is -3.21. The molecular formula is C24H28N2O3. The molecule has 0 radical (unpaired) electrons. The summed E-state index contributed by atoms with van der Waals surface area (Å²) in [5.41, 5.74) is 6.40. The molecule has 0 aliphatic heterocycles. The maximum absolute atomic E-state index is 12.6. The van der Waals surface area contributed by atoms with Crippen LogP contribution in [0, 0.1) is 13.8 Å². The minimum absolute atomic E-state index is 0.177. The molecule has 0 spiro atoms. The molecule has 0 bridgehead atoms. The number of allylic oxidation sites excluding steroid dienone is 1. The molecule has 0 aliphatic rings. The Labute approximate surface area is 172 Å². The number of carbonyl (C=O) groups excluding carboxylic acids is 1. The first-order valence-corrected chi connectivity index (χ1v) is 9.73. The molecule has 5 nitrogen and oxygen atoms in total. The van der Waals surface area contributed by atoms with Gasteiger partial charge in [-0.25, -0.2) is 0 Å². The number of hydrogen-bond donors (Lipinski definition) is 1. The van der Waals surface area contributed by atoms with E-state index < -0.39 is 0 Å². The third-order valence-electron chi connectivity index (χ3n) is 4.95. The number of amides is 1. The number of anilines is 2. The summed E-state index contributed by atoms with van der Waals surface area (Å²) in [5.74, 6) is 0.579. The van der Waals surface area contributed by atoms with Crippen molar-refractivity contribution in [3.05, 3.63) is 59.4 Å². The first-order chi connectivity index (χ1) is 13.8. The number of rotatable bonds is 6. The number of nitrogens with one attached hydrogen (secondary N) is 1. The third-order valence-corrected chi connectivity index (χ3v) is 4.95. The Morgan fingerprint density at radius 3 is 2.52 bits per heavy atom. The van der Waals surface area contributed by atoms with Gasteiger partial charge in [0.25, 0.3) is 0 Å². The van der Waals surface area contributed by atoms with Crippen LogP contribution >= 0.6 is 0 Å². The van der Waals surface area contributed by atoms with Gasteiger partial charge >= 0.3 is 0 Å². The van der Waals surface area contributed by atoms with Crippen LogP contribution in [-0.4, -0.2) is 26.6 Å². The van der Waals surface area contributed by atoms with Crippen LogP contribution in [0.5, 0.6) is 5.75 Å². The lowest BCUT2D eigenvalue weighted by Gasteiger charge is -2.15. The highest BCUT2D eigenvalue weighted by Gasteiger charge is 2.17. The van der Waals surface area contributed by atoms with Crippen molar-refractivity contribution >= 4 is 33.8 Å². The molecule has 1 N–H and O–H groups in total. The zero-order valence-electron chi connectivity index (χ0n) is 17.9. The van der Waals surface area contributed by atoms with Gasteiger partial charge < -0.3 is 19.4 Å². The molecule has 3 aromatic rings. The minimum Gasteiger partial charge on any atom is -0.493 e. The van der Waals surface area contributed by atoms with Gasteiger partial charge in [0.15, 0.2) is 0 Å². The van der Waals surface area contributed by atoms with E-state index in [1.807, 2.05) is 77.0 Å². The first-order valence-electron chi connectivity index (χ1n) is 9.73. The molecule has 152 valence electrons. The minimum atomic E-state index is -0.177. The number of hydrogen-bond acceptors (Lipinski definition) is 4. The van der Waals surface area contributed by atoms with E-state index in [-0.39, 0.29) is 5.91 Å². The standard InChI is InChI=1S/C24H28N2O3/c1-7-28-23-17(4)24-21(16(3)14-29-24)13-20(23)15(2)12-22(27)25-18-8-10-19(11-9-18)26(5)6/h8-14H,7H2,1-6H3,(H,25,27)/b15-12+. The number of benzene rings is 2. The first kappa shape index (κ1) is 20.5. The fourth-order valence-electron chi connectivity index (χ4n) is 3.36. The van der Waals surface area contributed by atoms with Crippen LogP contribution in [0.15, 0.2) is 47.1 Å². The van der Waals surface area contributed by atoms with Crippen LogP contribution in [0.3, 0.4) is 0 Å². The molecule has 0 unspecified atom stereocenters. The van der Waals surface area contributed by atoms with Crippen molar-refractivity contribution in [1.29, 1.82) is 0 Å². The van der Waals surface area contributed by atoms with Gasteiger partial charge in [0.2, 0.25) is 5.91 Å². The molecule has 0 atom stereocenters. The van der Waals surface area contributed by atoms with Crippen LogP contribution in [0.1, 0.15) is 30.5 Å². The Morgan fingerprint density at radius 1 is 1.21 bits per heavy atom. The predicted molar refractivity (Wildman–Crippen MR) is 120 cm³/mol. The SMILES string of the molecule is CCOc1c(/C(C)=C/C(=O)Nc2ccc(N(C)C)cc2)cc2c(C)coc2c1C. The van der Waals surface area contributed by atoms with Crippen molar-refractivity contribution in [1.82, 2.24) is 0 Å². The van der Waals surface area contributed by atoms with Gasteiger partial charge in [-0.1, -0.05) is 0 Å². The summed E-state index contributed by atoms with van der Waals surface area (Å²) in [4.78, 5) is 14.6. The summed E-state index contributed by atoms with van der Waals surface area (Å²) < 4.78 is 11.6. The fraction of sp³-hybridized carbons (Fsp3) is 0.292. The van der Waals surface area contributed by atoms with Gasteiger partial charge in [-0.05, 0) is 69.2 Å². The van der Waals surface area contributed by atoms with Crippen molar-refractivity contribution in [2.75, 3.05) is 30.9 Å². The van der Waals surface area contributed by atoms with Crippen LogP contribution < -0.4 is 15.0 Å². The lowest BCUT2D eigenvalue weighted by atomic mass is 9.98. The van der Waals surface area contributed by atoms with Gasteiger partial charge in [-0.3, -0.25) is 4.79 Å². The van der Waals surface area contributed by atoms with Gasteiger partial charge in [-0.2, -0.15) is 0 Å². The van der Waals surface area contributed by atoms with E-state index >= 15 is 0 Å². The van der Waals surface area contributed by atoms with E-state index in [4.69, 9.17) is 9.15 Å². The third kappa shape index (κ3) is 4.29. The molecular weight excluding hydrogens is 364 g/mol. The van der Waals surface area contributed by atoms with Crippen molar-refractivity contribution in [3.63, 3.8) is 0 Å². The summed E-state index contributed by atoms with van der Waals surface area (Å²) in [6.07, 6.45) is 3.36. The molecule has 3 rings (SSSR count). The normalized spacial score (nSPS) is 11.6. The van der Waals surface area contributed by atoms with Crippen LogP contribution in [0.25, 0.3) is 16.5 Å². The molecule has 1 amide bonds. The summed E-state index contributed by atoms with van der Waals surface area (Å²) in [7, 11) is 3.96. The van der Waals surface area contributed by atoms with Crippen molar-refractivity contribution in [2.45, 2.75) is 27.7 Å². The van der Waals surface area contributed by atoms with E-state index in [9.17, 15) is 4.79 Å². The second-order valence-electron chi connectivity index (χ2n) is 7.36. The van der Waals surface area contributed by atoms with E-state index in [0.717, 1.165) is 50.4 Å². The highest BCUT2D eigenvalue weighted by molar-refractivity contribution is 6.05. The van der Waals surface area contributed by atoms with Crippen molar-refractivity contribution < 1.29 is 13.9 Å². The number of ether oxygens (including phenoxy) is 1. The summed E-state index contributed by atoms with van der Waals surface area (Å²) in [6.45, 7) is 8.41. The number of fused-ring (bicyclic) bond motifs is 1. The zero-order chi connectivity index (χ0) is 21.1. The lowest BCUT2D eigenvalue weighted by molar-refractivity contribution is -0.111. The molecule has 0 fully saturated rings. The maximum Gasteiger partial charge on any atom is 0.248 e. The number of carbonyl (C=O) groups is 1. The second-order valence-corrected chi connectivity index (χ2v) is 7.36. The van der Waals surface area contributed by atoms with Gasteiger partial charge in [0, 0.05) is 48.1 Å². The van der Waals surface area contributed by atoms with E-state index in [0.29, 0.717) is 6.61 Å². The molecule has 1 heterocycles. The second kappa shape index (κ2) is 8.43. The summed E-state index contributed by atoms with van der Waals surface area (Å²) >= 11 is 0. The highest BCUT2D eigenvalue weighted by atomic mass is 16.5. The summed E-state index contributed by atoms with van der Waals surface area (Å²) in [5, 5.41) is 3.96. The highest BCUT2D eigenvalue weighted by Crippen LogP contribution is 2.37. The largest absolute Gasteiger partial charge is 0.493 e. The van der Waals surface area contributed by atoms with Crippen LogP contribution in [-0.2, 0) is 4.79 Å². The number of furan rings is 1. The smallest absolute Gasteiger partial charge is 0.248 e. The molecule has 2 aromatic carbocycles. The monoisotopic (exact) mass is 392 g/mol. The average molecular weight is 392 g/mol. The van der Waals surface area contributed by atoms with E-state index in [2.05, 4.69) is 5.32 Å². The number of aryl methyl sites for hydroxylation is 2.